The molecule has 1 rings (SSSR count). The van der Waals surface area contributed by atoms with Crippen molar-refractivity contribution in [2.75, 3.05) is 13.2 Å². The standard InChI is InChI=1S/C11H18N2O.ClH/c1-2-14-10-5-3-4-9(8-10)11(13)6-7-12;/h3-5,8,11H,2,6-7,12-13H2,1H3;1H/t11-;/m1./s1. The molecule has 15 heavy (non-hydrogen) atoms. The molecule has 0 aliphatic carbocycles. The van der Waals surface area contributed by atoms with E-state index in [1.165, 1.54) is 0 Å². The van der Waals surface area contributed by atoms with Gasteiger partial charge in [0.25, 0.3) is 0 Å². The molecule has 0 bridgehead atoms. The van der Waals surface area contributed by atoms with Crippen LogP contribution in [0.25, 0.3) is 0 Å². The third-order valence-electron chi connectivity index (χ3n) is 2.07. The number of halogens is 1. The monoisotopic (exact) mass is 230 g/mol. The molecular formula is C11H19ClN2O. The summed E-state index contributed by atoms with van der Waals surface area (Å²) in [6, 6.07) is 7.88. The van der Waals surface area contributed by atoms with E-state index < -0.39 is 0 Å². The van der Waals surface area contributed by atoms with Crippen molar-refractivity contribution in [1.29, 1.82) is 0 Å². The predicted octanol–water partition coefficient (Wildman–Crippen LogP) is 1.86. The van der Waals surface area contributed by atoms with Gasteiger partial charge in [0.2, 0.25) is 0 Å². The first-order chi connectivity index (χ1) is 6.77. The van der Waals surface area contributed by atoms with Gasteiger partial charge in [-0.15, -0.1) is 12.4 Å². The Hall–Kier alpha value is -0.770. The molecule has 0 aliphatic rings. The fourth-order valence-electron chi connectivity index (χ4n) is 1.35. The van der Waals surface area contributed by atoms with Crippen LogP contribution in [0.5, 0.6) is 5.75 Å². The molecule has 0 aromatic heterocycles. The summed E-state index contributed by atoms with van der Waals surface area (Å²) in [4.78, 5) is 0. The van der Waals surface area contributed by atoms with Gasteiger partial charge in [-0.25, -0.2) is 0 Å². The SMILES string of the molecule is CCOc1cccc([C@H](N)CCN)c1.Cl. The van der Waals surface area contributed by atoms with Crippen molar-refractivity contribution >= 4 is 12.4 Å². The highest BCUT2D eigenvalue weighted by atomic mass is 35.5. The molecule has 1 aromatic carbocycles. The summed E-state index contributed by atoms with van der Waals surface area (Å²) >= 11 is 0. The van der Waals surface area contributed by atoms with Gasteiger partial charge >= 0.3 is 0 Å². The number of hydrogen-bond donors (Lipinski definition) is 2. The number of rotatable bonds is 5. The van der Waals surface area contributed by atoms with Gasteiger partial charge < -0.3 is 16.2 Å². The van der Waals surface area contributed by atoms with Crippen LogP contribution in [0.15, 0.2) is 24.3 Å². The summed E-state index contributed by atoms with van der Waals surface area (Å²) in [5.74, 6) is 0.873. The molecule has 3 nitrogen and oxygen atoms in total. The van der Waals surface area contributed by atoms with Crippen molar-refractivity contribution in [2.45, 2.75) is 19.4 Å². The summed E-state index contributed by atoms with van der Waals surface area (Å²) in [6.07, 6.45) is 0.801. The van der Waals surface area contributed by atoms with E-state index in [4.69, 9.17) is 16.2 Å². The van der Waals surface area contributed by atoms with Crippen LogP contribution in [0.3, 0.4) is 0 Å². The zero-order valence-electron chi connectivity index (χ0n) is 8.98. The summed E-state index contributed by atoms with van der Waals surface area (Å²) in [7, 11) is 0. The van der Waals surface area contributed by atoms with Crippen LogP contribution in [0.2, 0.25) is 0 Å². The second-order valence-electron chi connectivity index (χ2n) is 3.19. The second-order valence-corrected chi connectivity index (χ2v) is 3.19. The molecule has 0 heterocycles. The number of hydrogen-bond acceptors (Lipinski definition) is 3. The third-order valence-corrected chi connectivity index (χ3v) is 2.07. The zero-order chi connectivity index (χ0) is 10.4. The summed E-state index contributed by atoms with van der Waals surface area (Å²) in [5, 5.41) is 0. The van der Waals surface area contributed by atoms with Gasteiger partial charge in [-0.3, -0.25) is 0 Å². The molecule has 0 amide bonds. The van der Waals surface area contributed by atoms with Gasteiger partial charge in [-0.1, -0.05) is 12.1 Å². The quantitative estimate of drug-likeness (QED) is 0.812. The summed E-state index contributed by atoms with van der Waals surface area (Å²) in [5.41, 5.74) is 12.5. The van der Waals surface area contributed by atoms with Crippen LogP contribution in [0.1, 0.15) is 24.9 Å². The fraction of sp³-hybridized carbons (Fsp3) is 0.455. The molecule has 0 fully saturated rings. The lowest BCUT2D eigenvalue weighted by atomic mass is 10.0. The Bertz CT molecular complexity index is 281. The lowest BCUT2D eigenvalue weighted by molar-refractivity contribution is 0.339. The molecule has 4 N–H and O–H groups in total. The Morgan fingerprint density at radius 2 is 2.13 bits per heavy atom. The Morgan fingerprint density at radius 1 is 1.40 bits per heavy atom. The molecule has 0 unspecified atom stereocenters. The first kappa shape index (κ1) is 14.2. The number of benzene rings is 1. The highest BCUT2D eigenvalue weighted by Gasteiger charge is 2.05. The van der Waals surface area contributed by atoms with Crippen molar-refractivity contribution < 1.29 is 4.74 Å². The first-order valence-corrected chi connectivity index (χ1v) is 4.96. The molecule has 0 aliphatic heterocycles. The smallest absolute Gasteiger partial charge is 0.119 e. The molecule has 0 radical (unpaired) electrons. The van der Waals surface area contributed by atoms with Crippen LogP contribution in [-0.4, -0.2) is 13.2 Å². The molecule has 4 heteroatoms. The molecule has 0 spiro atoms. The number of ether oxygens (including phenoxy) is 1. The zero-order valence-corrected chi connectivity index (χ0v) is 9.80. The lowest BCUT2D eigenvalue weighted by Crippen LogP contribution is -2.15. The van der Waals surface area contributed by atoms with E-state index in [9.17, 15) is 0 Å². The van der Waals surface area contributed by atoms with Crippen molar-refractivity contribution in [3.05, 3.63) is 29.8 Å². The molecule has 1 aromatic rings. The van der Waals surface area contributed by atoms with Crippen molar-refractivity contribution in [3.63, 3.8) is 0 Å². The van der Waals surface area contributed by atoms with E-state index in [2.05, 4.69) is 0 Å². The third kappa shape index (κ3) is 4.51. The van der Waals surface area contributed by atoms with Crippen LogP contribution in [0, 0.1) is 0 Å². The van der Waals surface area contributed by atoms with E-state index >= 15 is 0 Å². The van der Waals surface area contributed by atoms with E-state index in [1.807, 2.05) is 31.2 Å². The van der Waals surface area contributed by atoms with Crippen molar-refractivity contribution in [1.82, 2.24) is 0 Å². The van der Waals surface area contributed by atoms with E-state index in [0.29, 0.717) is 13.2 Å². The minimum Gasteiger partial charge on any atom is -0.494 e. The first-order valence-electron chi connectivity index (χ1n) is 4.96. The minimum absolute atomic E-state index is 0. The molecule has 1 atom stereocenters. The number of nitrogens with two attached hydrogens (primary N) is 2. The molecule has 0 saturated heterocycles. The molecular weight excluding hydrogens is 212 g/mol. The molecule has 86 valence electrons. The highest BCUT2D eigenvalue weighted by Crippen LogP contribution is 2.19. The van der Waals surface area contributed by atoms with Crippen LogP contribution < -0.4 is 16.2 Å². The summed E-state index contributed by atoms with van der Waals surface area (Å²) in [6.45, 7) is 3.25. The Morgan fingerprint density at radius 3 is 2.73 bits per heavy atom. The maximum atomic E-state index is 5.94. The average Bonchev–Trinajstić information content (AvgIpc) is 2.19. The van der Waals surface area contributed by atoms with E-state index in [-0.39, 0.29) is 18.4 Å². The molecule has 0 saturated carbocycles. The lowest BCUT2D eigenvalue weighted by Gasteiger charge is -2.12. The normalized spacial score (nSPS) is 11.7. The van der Waals surface area contributed by atoms with Gasteiger partial charge in [-0.05, 0) is 37.6 Å². The summed E-state index contributed by atoms with van der Waals surface area (Å²) < 4.78 is 5.39. The maximum absolute atomic E-state index is 5.94. The fourth-order valence-corrected chi connectivity index (χ4v) is 1.35. The Kier molecular flexibility index (Phi) is 7.13. The van der Waals surface area contributed by atoms with Crippen molar-refractivity contribution in [2.24, 2.45) is 11.5 Å². The predicted molar refractivity (Wildman–Crippen MR) is 65.5 cm³/mol. The van der Waals surface area contributed by atoms with Gasteiger partial charge in [0.1, 0.15) is 5.75 Å². The van der Waals surface area contributed by atoms with Gasteiger partial charge in [0.15, 0.2) is 0 Å². The second kappa shape index (κ2) is 7.51. The Balaban J connectivity index is 0.00000196. The van der Waals surface area contributed by atoms with Gasteiger partial charge in [-0.2, -0.15) is 0 Å². The van der Waals surface area contributed by atoms with Crippen LogP contribution in [0.4, 0.5) is 0 Å². The van der Waals surface area contributed by atoms with E-state index in [0.717, 1.165) is 17.7 Å². The Labute approximate surface area is 97.2 Å². The topological polar surface area (TPSA) is 61.3 Å². The highest BCUT2D eigenvalue weighted by molar-refractivity contribution is 5.85. The van der Waals surface area contributed by atoms with E-state index in [1.54, 1.807) is 0 Å². The van der Waals surface area contributed by atoms with Crippen molar-refractivity contribution in [3.8, 4) is 5.75 Å². The minimum atomic E-state index is 0. The van der Waals surface area contributed by atoms with Gasteiger partial charge in [0.05, 0.1) is 6.61 Å². The largest absolute Gasteiger partial charge is 0.494 e. The van der Waals surface area contributed by atoms with Crippen LogP contribution >= 0.6 is 12.4 Å². The van der Waals surface area contributed by atoms with Gasteiger partial charge in [0, 0.05) is 6.04 Å². The van der Waals surface area contributed by atoms with Crippen LogP contribution in [-0.2, 0) is 0 Å². The maximum Gasteiger partial charge on any atom is 0.119 e. The average molecular weight is 231 g/mol.